The van der Waals surface area contributed by atoms with Crippen LogP contribution in [-0.2, 0) is 6.54 Å². The second-order valence-corrected chi connectivity index (χ2v) is 8.95. The van der Waals surface area contributed by atoms with Gasteiger partial charge in [-0.25, -0.2) is 0 Å². The highest BCUT2D eigenvalue weighted by molar-refractivity contribution is 7.99. The number of allylic oxidation sites excluding steroid dienone is 1. The first-order valence-electron chi connectivity index (χ1n) is 10.8. The number of aromatic nitrogens is 3. The normalized spacial score (nSPS) is 11.2. The minimum absolute atomic E-state index is 0.139. The van der Waals surface area contributed by atoms with Gasteiger partial charge in [-0.05, 0) is 48.5 Å². The standard InChI is InChI=1S/C26H18ClN5O3S/c1-2-31-25(18-9-6-10-21(27)14-18)29-30-26(31)36-23-12-11-22(32(34)35)15-19(23)13-20(16-28)24(33)17-7-4-3-5-8-17/h3-15H,2H2,1H3/b20-13-. The van der Waals surface area contributed by atoms with Crippen molar-refractivity contribution in [2.75, 3.05) is 0 Å². The van der Waals surface area contributed by atoms with Gasteiger partial charge in [0, 0.05) is 39.7 Å². The van der Waals surface area contributed by atoms with Gasteiger partial charge in [0.1, 0.15) is 11.6 Å². The van der Waals surface area contributed by atoms with Crippen LogP contribution in [0.15, 0.2) is 88.4 Å². The second-order valence-electron chi connectivity index (χ2n) is 7.51. The lowest BCUT2D eigenvalue weighted by Crippen LogP contribution is -2.02. The molecule has 8 nitrogen and oxygen atoms in total. The molecule has 1 aromatic heterocycles. The van der Waals surface area contributed by atoms with Crippen molar-refractivity contribution in [3.05, 3.63) is 105 Å². The highest BCUT2D eigenvalue weighted by atomic mass is 35.5. The Morgan fingerprint density at radius 2 is 1.92 bits per heavy atom. The average Bonchev–Trinajstić information content (AvgIpc) is 3.30. The van der Waals surface area contributed by atoms with Gasteiger partial charge in [-0.3, -0.25) is 14.9 Å². The molecule has 0 radical (unpaired) electrons. The third kappa shape index (κ3) is 5.35. The van der Waals surface area contributed by atoms with E-state index in [9.17, 15) is 20.2 Å². The number of carbonyl (C=O) groups excluding carboxylic acids is 1. The molecular weight excluding hydrogens is 498 g/mol. The summed E-state index contributed by atoms with van der Waals surface area (Å²) >= 11 is 7.38. The fraction of sp³-hybridized carbons (Fsp3) is 0.0769. The van der Waals surface area contributed by atoms with Gasteiger partial charge in [-0.2, -0.15) is 5.26 Å². The molecule has 0 fully saturated rings. The second kappa shape index (κ2) is 11.0. The molecule has 3 aromatic carbocycles. The smallest absolute Gasteiger partial charge is 0.270 e. The van der Waals surface area contributed by atoms with Gasteiger partial charge in [-0.1, -0.05) is 54.1 Å². The third-order valence-electron chi connectivity index (χ3n) is 5.22. The number of hydrogen-bond donors (Lipinski definition) is 0. The first-order chi connectivity index (χ1) is 17.4. The summed E-state index contributed by atoms with van der Waals surface area (Å²) in [7, 11) is 0. The predicted octanol–water partition coefficient (Wildman–Crippen LogP) is 6.47. The Bertz CT molecular complexity index is 1530. The molecule has 0 bridgehead atoms. The monoisotopic (exact) mass is 515 g/mol. The number of halogens is 1. The Labute approximate surface area is 216 Å². The van der Waals surface area contributed by atoms with Crippen molar-refractivity contribution in [1.82, 2.24) is 14.8 Å². The van der Waals surface area contributed by atoms with Gasteiger partial charge in [0.2, 0.25) is 5.78 Å². The molecule has 0 spiro atoms. The van der Waals surface area contributed by atoms with E-state index in [1.807, 2.05) is 29.7 Å². The van der Waals surface area contributed by atoms with E-state index in [0.717, 1.165) is 5.56 Å². The van der Waals surface area contributed by atoms with Crippen molar-refractivity contribution in [3.8, 4) is 17.5 Å². The van der Waals surface area contributed by atoms with Crippen LogP contribution in [0.4, 0.5) is 5.69 Å². The number of nitrogens with zero attached hydrogens (tertiary/aromatic N) is 5. The largest absolute Gasteiger partial charge is 0.302 e. The van der Waals surface area contributed by atoms with Crippen molar-refractivity contribution in [2.45, 2.75) is 23.5 Å². The summed E-state index contributed by atoms with van der Waals surface area (Å²) in [5.74, 6) is 0.152. The molecule has 0 N–H and O–H groups in total. The Morgan fingerprint density at radius 3 is 2.58 bits per heavy atom. The van der Waals surface area contributed by atoms with Gasteiger partial charge in [0.05, 0.1) is 4.92 Å². The molecule has 0 aliphatic rings. The van der Waals surface area contributed by atoms with E-state index in [0.29, 0.717) is 38.6 Å². The number of Topliss-reactive ketones (excluding diaryl/α,β-unsaturated/α-hetero) is 1. The first kappa shape index (κ1) is 24.9. The van der Waals surface area contributed by atoms with Crippen LogP contribution in [0.3, 0.4) is 0 Å². The topological polar surface area (TPSA) is 115 Å². The number of hydrogen-bond acceptors (Lipinski definition) is 7. The number of benzene rings is 3. The summed E-state index contributed by atoms with van der Waals surface area (Å²) in [6, 6.07) is 21.9. The van der Waals surface area contributed by atoms with Gasteiger partial charge in [0.15, 0.2) is 11.0 Å². The zero-order valence-corrected chi connectivity index (χ0v) is 20.5. The fourth-order valence-electron chi connectivity index (χ4n) is 3.49. The fourth-order valence-corrected chi connectivity index (χ4v) is 4.66. The van der Waals surface area contributed by atoms with Crippen LogP contribution in [0, 0.1) is 21.4 Å². The van der Waals surface area contributed by atoms with Crippen molar-refractivity contribution >= 4 is 40.9 Å². The minimum Gasteiger partial charge on any atom is -0.302 e. The Hall–Kier alpha value is -4.26. The average molecular weight is 516 g/mol. The third-order valence-corrected chi connectivity index (χ3v) is 6.53. The number of nitriles is 1. The van der Waals surface area contributed by atoms with Crippen molar-refractivity contribution in [1.29, 1.82) is 5.26 Å². The molecule has 0 unspecified atom stereocenters. The number of rotatable bonds is 8. The minimum atomic E-state index is -0.525. The van der Waals surface area contributed by atoms with Crippen LogP contribution < -0.4 is 0 Å². The van der Waals surface area contributed by atoms with Gasteiger partial charge in [-0.15, -0.1) is 10.2 Å². The van der Waals surface area contributed by atoms with Crippen LogP contribution in [-0.4, -0.2) is 25.5 Å². The van der Waals surface area contributed by atoms with Crippen molar-refractivity contribution in [2.24, 2.45) is 0 Å². The Morgan fingerprint density at radius 1 is 1.14 bits per heavy atom. The van der Waals surface area contributed by atoms with Crippen LogP contribution in [0.2, 0.25) is 5.02 Å². The molecule has 10 heteroatoms. The quantitative estimate of drug-likeness (QED) is 0.0868. The molecule has 0 aliphatic carbocycles. The predicted molar refractivity (Wildman–Crippen MR) is 138 cm³/mol. The molecule has 178 valence electrons. The van der Waals surface area contributed by atoms with Crippen LogP contribution >= 0.6 is 23.4 Å². The van der Waals surface area contributed by atoms with Gasteiger partial charge < -0.3 is 4.57 Å². The van der Waals surface area contributed by atoms with E-state index in [4.69, 9.17) is 11.6 Å². The van der Waals surface area contributed by atoms with E-state index in [2.05, 4.69) is 10.2 Å². The maximum Gasteiger partial charge on any atom is 0.270 e. The lowest BCUT2D eigenvalue weighted by Gasteiger charge is -2.10. The summed E-state index contributed by atoms with van der Waals surface area (Å²) in [6.45, 7) is 2.51. The van der Waals surface area contributed by atoms with Crippen LogP contribution in [0.5, 0.6) is 0 Å². The SMILES string of the molecule is CCn1c(Sc2ccc([N+](=O)[O-])cc2/C=C(/C#N)C(=O)c2ccccc2)nnc1-c1cccc(Cl)c1. The maximum atomic E-state index is 12.9. The number of non-ortho nitro benzene ring substituents is 1. The zero-order valence-electron chi connectivity index (χ0n) is 19.0. The summed E-state index contributed by atoms with van der Waals surface area (Å²) < 4.78 is 1.89. The number of nitro benzene ring substituents is 1. The van der Waals surface area contributed by atoms with E-state index in [1.54, 1.807) is 48.5 Å². The first-order valence-corrected chi connectivity index (χ1v) is 12.0. The highest BCUT2D eigenvalue weighted by Gasteiger charge is 2.19. The number of nitro groups is 1. The van der Waals surface area contributed by atoms with E-state index in [1.165, 1.54) is 30.0 Å². The maximum absolute atomic E-state index is 12.9. The molecule has 4 aromatic rings. The van der Waals surface area contributed by atoms with E-state index >= 15 is 0 Å². The van der Waals surface area contributed by atoms with E-state index < -0.39 is 10.7 Å². The summed E-state index contributed by atoms with van der Waals surface area (Å²) in [4.78, 5) is 24.4. The van der Waals surface area contributed by atoms with Gasteiger partial charge in [0.25, 0.3) is 5.69 Å². The molecule has 0 aliphatic heterocycles. The van der Waals surface area contributed by atoms with Crippen LogP contribution in [0.1, 0.15) is 22.8 Å². The molecule has 0 saturated heterocycles. The molecule has 4 rings (SSSR count). The molecule has 0 amide bonds. The molecular formula is C26H18ClN5O3S. The Kier molecular flexibility index (Phi) is 7.59. The molecule has 0 saturated carbocycles. The highest BCUT2D eigenvalue weighted by Crippen LogP contribution is 2.35. The Balaban J connectivity index is 1.77. The lowest BCUT2D eigenvalue weighted by atomic mass is 10.0. The van der Waals surface area contributed by atoms with Crippen molar-refractivity contribution < 1.29 is 9.72 Å². The van der Waals surface area contributed by atoms with Crippen molar-refractivity contribution in [3.63, 3.8) is 0 Å². The number of ketones is 1. The molecule has 36 heavy (non-hydrogen) atoms. The number of carbonyl (C=O) groups is 1. The summed E-state index contributed by atoms with van der Waals surface area (Å²) in [6.07, 6.45) is 1.37. The molecule has 1 heterocycles. The van der Waals surface area contributed by atoms with E-state index in [-0.39, 0.29) is 11.3 Å². The zero-order chi connectivity index (χ0) is 25.7. The molecule has 0 atom stereocenters. The summed E-state index contributed by atoms with van der Waals surface area (Å²) in [5, 5.41) is 30.9. The lowest BCUT2D eigenvalue weighted by molar-refractivity contribution is -0.384. The van der Waals surface area contributed by atoms with Crippen LogP contribution in [0.25, 0.3) is 17.5 Å². The van der Waals surface area contributed by atoms with Gasteiger partial charge >= 0.3 is 0 Å². The summed E-state index contributed by atoms with van der Waals surface area (Å²) in [5.41, 5.74) is 1.20.